The lowest BCUT2D eigenvalue weighted by atomic mass is 10.1. The van der Waals surface area contributed by atoms with Gasteiger partial charge in [0.15, 0.2) is 17.8 Å². The first kappa shape index (κ1) is 19.3. The molecule has 0 aromatic heterocycles. The Morgan fingerprint density at radius 1 is 0.714 bits per heavy atom. The predicted molar refractivity (Wildman–Crippen MR) is 106 cm³/mol. The van der Waals surface area contributed by atoms with Crippen molar-refractivity contribution < 1.29 is 23.7 Å². The summed E-state index contributed by atoms with van der Waals surface area (Å²) in [6.07, 6.45) is 0.715. The average Bonchev–Trinajstić information content (AvgIpc) is 2.76. The molecule has 5 heteroatoms. The van der Waals surface area contributed by atoms with Crippen LogP contribution in [-0.4, -0.2) is 20.5 Å². The molecule has 0 aliphatic heterocycles. The van der Waals surface area contributed by atoms with Crippen molar-refractivity contribution in [2.75, 3.05) is 14.2 Å². The second kappa shape index (κ2) is 9.46. The predicted octanol–water partition coefficient (Wildman–Crippen LogP) is 4.67. The first-order valence-corrected chi connectivity index (χ1v) is 8.84. The topological polar surface area (TPSA) is 54.0 Å². The summed E-state index contributed by atoms with van der Waals surface area (Å²) in [6.45, 7) is 0.620. The van der Waals surface area contributed by atoms with Crippen molar-refractivity contribution in [2.45, 2.75) is 13.2 Å². The highest BCUT2D eigenvalue weighted by Gasteiger charge is 2.22. The van der Waals surface area contributed by atoms with Gasteiger partial charge in [0, 0.05) is 0 Å². The molecule has 0 atom stereocenters. The van der Waals surface area contributed by atoms with Gasteiger partial charge in [0.25, 0.3) is 0 Å². The molecular formula is C23H22O5. The number of benzene rings is 3. The Bertz CT molecular complexity index is 907. The second-order valence-electron chi connectivity index (χ2n) is 6.03. The van der Waals surface area contributed by atoms with Crippen molar-refractivity contribution >= 4 is 6.29 Å². The van der Waals surface area contributed by atoms with Crippen molar-refractivity contribution in [3.8, 4) is 23.0 Å². The summed E-state index contributed by atoms with van der Waals surface area (Å²) in [6, 6.07) is 21.0. The van der Waals surface area contributed by atoms with Crippen LogP contribution in [0.15, 0.2) is 66.7 Å². The van der Waals surface area contributed by atoms with Crippen molar-refractivity contribution in [2.24, 2.45) is 0 Å². The maximum Gasteiger partial charge on any atom is 0.208 e. The molecule has 0 saturated carbocycles. The van der Waals surface area contributed by atoms with Crippen LogP contribution in [-0.2, 0) is 13.2 Å². The molecule has 0 fully saturated rings. The van der Waals surface area contributed by atoms with E-state index in [1.807, 2.05) is 60.7 Å². The second-order valence-corrected chi connectivity index (χ2v) is 6.03. The molecule has 0 unspecified atom stereocenters. The molecule has 0 spiro atoms. The number of aldehydes is 1. The molecule has 0 heterocycles. The molecule has 28 heavy (non-hydrogen) atoms. The van der Waals surface area contributed by atoms with E-state index in [-0.39, 0.29) is 0 Å². The van der Waals surface area contributed by atoms with E-state index >= 15 is 0 Å². The lowest BCUT2D eigenvalue weighted by Gasteiger charge is -2.19. The minimum Gasteiger partial charge on any atom is -0.493 e. The summed E-state index contributed by atoms with van der Waals surface area (Å²) in [7, 11) is 3.03. The number of methoxy groups -OCH3 is 2. The van der Waals surface area contributed by atoms with E-state index in [0.29, 0.717) is 48.1 Å². The molecule has 0 amide bonds. The van der Waals surface area contributed by atoms with E-state index in [2.05, 4.69) is 0 Å². The van der Waals surface area contributed by atoms with Crippen LogP contribution in [0.5, 0.6) is 23.0 Å². The highest BCUT2D eigenvalue weighted by atomic mass is 16.5. The van der Waals surface area contributed by atoms with Crippen LogP contribution < -0.4 is 18.9 Å². The third-order valence-corrected chi connectivity index (χ3v) is 4.19. The van der Waals surface area contributed by atoms with Crippen molar-refractivity contribution in [1.82, 2.24) is 0 Å². The van der Waals surface area contributed by atoms with Gasteiger partial charge in [-0.25, -0.2) is 0 Å². The quantitative estimate of drug-likeness (QED) is 0.506. The summed E-state index contributed by atoms with van der Waals surface area (Å²) < 4.78 is 22.9. The normalized spacial score (nSPS) is 10.2. The summed E-state index contributed by atoms with van der Waals surface area (Å²) in [5.41, 5.74) is 2.30. The number of ether oxygens (including phenoxy) is 4. The Morgan fingerprint density at radius 2 is 1.25 bits per heavy atom. The lowest BCUT2D eigenvalue weighted by Crippen LogP contribution is -2.05. The largest absolute Gasteiger partial charge is 0.493 e. The zero-order valence-corrected chi connectivity index (χ0v) is 15.9. The smallest absolute Gasteiger partial charge is 0.208 e. The van der Waals surface area contributed by atoms with E-state index in [1.165, 1.54) is 14.2 Å². The SMILES string of the molecule is COc1cc(C=O)c(OCc2ccccc2)c(OC)c1OCc1ccccc1. The maximum atomic E-state index is 11.6. The van der Waals surface area contributed by atoms with E-state index in [9.17, 15) is 4.79 Å². The standard InChI is InChI=1S/C23H22O5/c1-25-20-13-19(14-24)21(27-15-17-9-5-3-6-10-17)23(26-2)22(20)28-16-18-11-7-4-8-12-18/h3-14H,15-16H2,1-2H3. The first-order chi connectivity index (χ1) is 13.8. The van der Waals surface area contributed by atoms with Crippen LogP contribution in [0.1, 0.15) is 21.5 Å². The summed E-state index contributed by atoms with van der Waals surface area (Å²) in [5, 5.41) is 0. The number of rotatable bonds is 9. The summed E-state index contributed by atoms with van der Waals surface area (Å²) in [4.78, 5) is 11.6. The highest BCUT2D eigenvalue weighted by molar-refractivity contribution is 5.84. The van der Waals surface area contributed by atoms with Gasteiger partial charge in [-0.05, 0) is 17.2 Å². The molecule has 0 radical (unpaired) electrons. The van der Waals surface area contributed by atoms with Crippen molar-refractivity contribution in [3.63, 3.8) is 0 Å². The zero-order chi connectivity index (χ0) is 19.8. The Hall–Kier alpha value is -3.47. The van der Waals surface area contributed by atoms with E-state index in [0.717, 1.165) is 11.1 Å². The van der Waals surface area contributed by atoms with Gasteiger partial charge in [0.2, 0.25) is 11.5 Å². The van der Waals surface area contributed by atoms with Crippen LogP contribution >= 0.6 is 0 Å². The molecule has 3 aromatic rings. The Kier molecular flexibility index (Phi) is 6.52. The van der Waals surface area contributed by atoms with Crippen molar-refractivity contribution in [1.29, 1.82) is 0 Å². The summed E-state index contributed by atoms with van der Waals surface area (Å²) in [5.74, 6) is 1.45. The van der Waals surface area contributed by atoms with Crippen LogP contribution in [0.3, 0.4) is 0 Å². The number of hydrogen-bond donors (Lipinski definition) is 0. The minimum absolute atomic E-state index is 0.294. The molecular weight excluding hydrogens is 356 g/mol. The fraction of sp³-hybridized carbons (Fsp3) is 0.174. The monoisotopic (exact) mass is 378 g/mol. The number of carbonyl (C=O) groups excluding carboxylic acids is 1. The average molecular weight is 378 g/mol. The van der Waals surface area contributed by atoms with Gasteiger partial charge in [0.1, 0.15) is 13.2 Å². The molecule has 3 rings (SSSR count). The Balaban J connectivity index is 1.93. The van der Waals surface area contributed by atoms with E-state index < -0.39 is 0 Å². The maximum absolute atomic E-state index is 11.6. The van der Waals surface area contributed by atoms with E-state index in [4.69, 9.17) is 18.9 Å². The first-order valence-electron chi connectivity index (χ1n) is 8.84. The van der Waals surface area contributed by atoms with Crippen LogP contribution in [0.2, 0.25) is 0 Å². The number of carbonyl (C=O) groups is 1. The third-order valence-electron chi connectivity index (χ3n) is 4.19. The molecule has 0 aliphatic rings. The van der Waals surface area contributed by atoms with Crippen LogP contribution in [0.25, 0.3) is 0 Å². The third kappa shape index (κ3) is 4.43. The van der Waals surface area contributed by atoms with Gasteiger partial charge in [-0.1, -0.05) is 60.7 Å². The Morgan fingerprint density at radius 3 is 1.71 bits per heavy atom. The molecule has 0 saturated heterocycles. The van der Waals surface area contributed by atoms with Gasteiger partial charge in [0.05, 0.1) is 19.8 Å². The fourth-order valence-electron chi connectivity index (χ4n) is 2.79. The number of hydrogen-bond acceptors (Lipinski definition) is 5. The van der Waals surface area contributed by atoms with Gasteiger partial charge < -0.3 is 18.9 Å². The van der Waals surface area contributed by atoms with Crippen LogP contribution in [0.4, 0.5) is 0 Å². The molecule has 3 aromatic carbocycles. The van der Waals surface area contributed by atoms with Crippen LogP contribution in [0, 0.1) is 0 Å². The molecule has 0 bridgehead atoms. The zero-order valence-electron chi connectivity index (χ0n) is 15.9. The van der Waals surface area contributed by atoms with Gasteiger partial charge >= 0.3 is 0 Å². The van der Waals surface area contributed by atoms with E-state index in [1.54, 1.807) is 6.07 Å². The van der Waals surface area contributed by atoms with Crippen molar-refractivity contribution in [3.05, 3.63) is 83.4 Å². The molecule has 5 nitrogen and oxygen atoms in total. The molecule has 0 aliphatic carbocycles. The summed E-state index contributed by atoms with van der Waals surface area (Å²) >= 11 is 0. The Labute approximate surface area is 164 Å². The highest BCUT2D eigenvalue weighted by Crippen LogP contribution is 2.47. The minimum atomic E-state index is 0.294. The van der Waals surface area contributed by atoms with Gasteiger partial charge in [-0.2, -0.15) is 0 Å². The lowest BCUT2D eigenvalue weighted by molar-refractivity contribution is 0.111. The molecule has 144 valence electrons. The fourth-order valence-corrected chi connectivity index (χ4v) is 2.79. The molecule has 0 N–H and O–H groups in total. The van der Waals surface area contributed by atoms with Gasteiger partial charge in [-0.3, -0.25) is 4.79 Å². The van der Waals surface area contributed by atoms with Gasteiger partial charge in [-0.15, -0.1) is 0 Å².